The summed E-state index contributed by atoms with van der Waals surface area (Å²) in [5.41, 5.74) is 0. The number of hydrogen-bond acceptors (Lipinski definition) is 5. The molecule has 0 fully saturated rings. The van der Waals surface area contributed by atoms with E-state index >= 15 is 0 Å². The van der Waals surface area contributed by atoms with Crippen LogP contribution in [0.4, 0.5) is 0 Å². The highest BCUT2D eigenvalue weighted by molar-refractivity contribution is 5.91. The first kappa shape index (κ1) is 16.6. The van der Waals surface area contributed by atoms with Gasteiger partial charge in [0.25, 0.3) is 0 Å². The maximum atomic E-state index is 11.1. The molecule has 0 aliphatic rings. The van der Waals surface area contributed by atoms with Gasteiger partial charge in [-0.3, -0.25) is 0 Å². The molecule has 0 aromatic rings. The predicted molar refractivity (Wildman–Crippen MR) is 67.1 cm³/mol. The van der Waals surface area contributed by atoms with Gasteiger partial charge in [0.2, 0.25) is 0 Å². The van der Waals surface area contributed by atoms with Crippen molar-refractivity contribution in [2.45, 2.75) is 32.6 Å². The second kappa shape index (κ2) is 12.1. The van der Waals surface area contributed by atoms with Crippen molar-refractivity contribution in [1.29, 1.82) is 0 Å². The number of rotatable bonds is 10. The zero-order chi connectivity index (χ0) is 13.6. The first-order valence-electron chi connectivity index (χ1n) is 6.21. The third kappa shape index (κ3) is 11.1. The molecule has 0 saturated carbocycles. The van der Waals surface area contributed by atoms with Crippen molar-refractivity contribution in [3.8, 4) is 0 Å². The van der Waals surface area contributed by atoms with Crippen molar-refractivity contribution < 1.29 is 23.8 Å². The first-order chi connectivity index (χ1) is 8.70. The van der Waals surface area contributed by atoms with E-state index in [1.807, 2.05) is 0 Å². The van der Waals surface area contributed by atoms with E-state index in [0.717, 1.165) is 25.0 Å². The van der Waals surface area contributed by atoms with Crippen molar-refractivity contribution in [2.75, 3.05) is 26.9 Å². The molecule has 0 heterocycles. The summed E-state index contributed by atoms with van der Waals surface area (Å²) in [6.45, 7) is 3.42. The van der Waals surface area contributed by atoms with E-state index in [0.29, 0.717) is 13.2 Å². The van der Waals surface area contributed by atoms with Crippen LogP contribution in [-0.2, 0) is 23.8 Å². The summed E-state index contributed by atoms with van der Waals surface area (Å²) in [4.78, 5) is 21.7. The van der Waals surface area contributed by atoms with Gasteiger partial charge in [-0.15, -0.1) is 0 Å². The summed E-state index contributed by atoms with van der Waals surface area (Å²) in [6.07, 6.45) is 6.67. The molecule has 0 atom stereocenters. The predicted octanol–water partition coefficient (Wildman–Crippen LogP) is 1.86. The summed E-state index contributed by atoms with van der Waals surface area (Å²) < 4.78 is 14.4. The van der Waals surface area contributed by atoms with Crippen LogP contribution >= 0.6 is 0 Å². The Bertz CT molecular complexity index is 260. The maximum absolute atomic E-state index is 11.1. The number of hydrogen-bond donors (Lipinski definition) is 0. The second-order valence-electron chi connectivity index (χ2n) is 3.70. The molecule has 0 unspecified atom stereocenters. The third-order valence-corrected chi connectivity index (χ3v) is 2.17. The quantitative estimate of drug-likeness (QED) is 0.340. The van der Waals surface area contributed by atoms with Crippen molar-refractivity contribution in [1.82, 2.24) is 0 Å². The van der Waals surface area contributed by atoms with Crippen LogP contribution in [0.3, 0.4) is 0 Å². The number of carbonyl (C=O) groups is 2. The minimum absolute atomic E-state index is 0.193. The molecule has 0 N–H and O–H groups in total. The lowest BCUT2D eigenvalue weighted by atomic mass is 10.2. The van der Waals surface area contributed by atoms with Crippen LogP contribution in [0.5, 0.6) is 0 Å². The van der Waals surface area contributed by atoms with Gasteiger partial charge in [0.15, 0.2) is 0 Å². The highest BCUT2D eigenvalue weighted by Gasteiger charge is 1.99. The van der Waals surface area contributed by atoms with Gasteiger partial charge in [0.1, 0.15) is 6.61 Å². The average Bonchev–Trinajstić information content (AvgIpc) is 2.39. The summed E-state index contributed by atoms with van der Waals surface area (Å²) in [5.74, 6) is -1.16. The smallest absolute Gasteiger partial charge is 0.331 e. The van der Waals surface area contributed by atoms with Crippen LogP contribution < -0.4 is 0 Å². The van der Waals surface area contributed by atoms with E-state index in [-0.39, 0.29) is 6.61 Å². The molecular formula is C13H22O5. The molecule has 0 amide bonds. The van der Waals surface area contributed by atoms with E-state index < -0.39 is 11.9 Å². The molecule has 0 aromatic carbocycles. The summed E-state index contributed by atoms with van der Waals surface area (Å²) in [6, 6.07) is 0. The molecule has 0 bridgehead atoms. The van der Waals surface area contributed by atoms with Crippen LogP contribution in [0.25, 0.3) is 0 Å². The van der Waals surface area contributed by atoms with Crippen molar-refractivity contribution >= 4 is 11.9 Å². The molecule has 0 spiro atoms. The maximum Gasteiger partial charge on any atom is 0.331 e. The van der Waals surface area contributed by atoms with Gasteiger partial charge in [-0.2, -0.15) is 0 Å². The second-order valence-corrected chi connectivity index (χ2v) is 3.70. The lowest BCUT2D eigenvalue weighted by Crippen LogP contribution is -2.09. The monoisotopic (exact) mass is 258 g/mol. The zero-order valence-electron chi connectivity index (χ0n) is 11.1. The number of carbonyl (C=O) groups excluding carboxylic acids is 2. The normalized spacial score (nSPS) is 10.6. The Kier molecular flexibility index (Phi) is 11.2. The highest BCUT2D eigenvalue weighted by atomic mass is 16.6. The van der Waals surface area contributed by atoms with Gasteiger partial charge < -0.3 is 14.2 Å². The van der Waals surface area contributed by atoms with Crippen LogP contribution in [0.15, 0.2) is 12.2 Å². The molecule has 0 rings (SSSR count). The molecule has 0 saturated heterocycles. The Hall–Kier alpha value is -1.36. The van der Waals surface area contributed by atoms with Crippen molar-refractivity contribution in [3.63, 3.8) is 0 Å². The highest BCUT2D eigenvalue weighted by Crippen LogP contribution is 1.98. The fraction of sp³-hybridized carbons (Fsp3) is 0.692. The Morgan fingerprint density at radius 3 is 2.33 bits per heavy atom. The molecule has 0 aromatic heterocycles. The summed E-state index contributed by atoms with van der Waals surface area (Å²) in [7, 11) is 1.24. The molecule has 0 radical (unpaired) electrons. The third-order valence-electron chi connectivity index (χ3n) is 2.17. The Labute approximate surface area is 108 Å². The van der Waals surface area contributed by atoms with E-state index in [1.165, 1.54) is 20.0 Å². The standard InChI is InChI=1S/C13H22O5/c1-3-4-5-6-9-17-10-11-18-13(15)8-7-12(14)16-2/h7-8H,3-6,9-11H2,1-2H3/b8-7-. The Morgan fingerprint density at radius 1 is 0.944 bits per heavy atom. The minimum atomic E-state index is -0.584. The summed E-state index contributed by atoms with van der Waals surface area (Å²) >= 11 is 0. The van der Waals surface area contributed by atoms with Crippen molar-refractivity contribution in [3.05, 3.63) is 12.2 Å². The number of esters is 2. The number of ether oxygens (including phenoxy) is 3. The van der Waals surface area contributed by atoms with Crippen molar-refractivity contribution in [2.24, 2.45) is 0 Å². The topological polar surface area (TPSA) is 61.8 Å². The Morgan fingerprint density at radius 2 is 1.67 bits per heavy atom. The minimum Gasteiger partial charge on any atom is -0.466 e. The van der Waals surface area contributed by atoms with E-state index in [2.05, 4.69) is 11.7 Å². The van der Waals surface area contributed by atoms with Gasteiger partial charge in [-0.05, 0) is 6.42 Å². The fourth-order valence-electron chi connectivity index (χ4n) is 1.19. The van der Waals surface area contributed by atoms with E-state index in [4.69, 9.17) is 9.47 Å². The van der Waals surface area contributed by atoms with E-state index in [9.17, 15) is 9.59 Å². The number of methoxy groups -OCH3 is 1. The first-order valence-corrected chi connectivity index (χ1v) is 6.21. The molecule has 104 valence electrons. The largest absolute Gasteiger partial charge is 0.466 e. The average molecular weight is 258 g/mol. The lowest BCUT2D eigenvalue weighted by Gasteiger charge is -2.04. The lowest BCUT2D eigenvalue weighted by molar-refractivity contribution is -0.140. The van der Waals surface area contributed by atoms with Gasteiger partial charge in [0.05, 0.1) is 13.7 Å². The molecular weight excluding hydrogens is 236 g/mol. The van der Waals surface area contributed by atoms with E-state index in [1.54, 1.807) is 0 Å². The van der Waals surface area contributed by atoms with Gasteiger partial charge >= 0.3 is 11.9 Å². The molecule has 5 nitrogen and oxygen atoms in total. The van der Waals surface area contributed by atoms with Gasteiger partial charge in [-0.1, -0.05) is 26.2 Å². The molecule has 0 aliphatic heterocycles. The SMILES string of the molecule is CCCCCCOCCOC(=O)/C=C\C(=O)OC. The van der Waals surface area contributed by atoms with Crippen LogP contribution in [0.1, 0.15) is 32.6 Å². The zero-order valence-corrected chi connectivity index (χ0v) is 11.1. The Balaban J connectivity index is 3.35. The molecule has 18 heavy (non-hydrogen) atoms. The molecule has 0 aliphatic carbocycles. The fourth-order valence-corrected chi connectivity index (χ4v) is 1.19. The molecule has 5 heteroatoms. The van der Waals surface area contributed by atoms with Gasteiger partial charge in [-0.25, -0.2) is 9.59 Å². The van der Waals surface area contributed by atoms with Crippen LogP contribution in [0.2, 0.25) is 0 Å². The van der Waals surface area contributed by atoms with Crippen LogP contribution in [-0.4, -0.2) is 38.9 Å². The van der Waals surface area contributed by atoms with Crippen LogP contribution in [0, 0.1) is 0 Å². The van der Waals surface area contributed by atoms with Gasteiger partial charge in [0, 0.05) is 18.8 Å². The number of unbranched alkanes of at least 4 members (excludes halogenated alkanes) is 3. The summed E-state index contributed by atoms with van der Waals surface area (Å²) in [5, 5.41) is 0.